The topological polar surface area (TPSA) is 41.5 Å². The van der Waals surface area contributed by atoms with Gasteiger partial charge in [0.1, 0.15) is 5.75 Å². The maximum atomic E-state index is 9.42. The van der Waals surface area contributed by atoms with E-state index in [1.807, 2.05) is 13.0 Å². The van der Waals surface area contributed by atoms with Crippen molar-refractivity contribution >= 4 is 15.9 Å². The van der Waals surface area contributed by atoms with Gasteiger partial charge in [0.05, 0.1) is 6.61 Å². The Balaban J connectivity index is 2.59. The highest BCUT2D eigenvalue weighted by molar-refractivity contribution is 9.10. The van der Waals surface area contributed by atoms with Gasteiger partial charge in [-0.3, -0.25) is 0 Å². The molecule has 0 heterocycles. The van der Waals surface area contributed by atoms with Gasteiger partial charge in [-0.05, 0) is 25.1 Å². The molecule has 3 nitrogen and oxygen atoms in total. The van der Waals surface area contributed by atoms with Crippen molar-refractivity contribution in [1.29, 1.82) is 0 Å². The molecule has 0 aliphatic heterocycles. The Bertz CT molecular complexity index is 278. The summed E-state index contributed by atoms with van der Waals surface area (Å²) in [5.41, 5.74) is 3.55. The van der Waals surface area contributed by atoms with Crippen molar-refractivity contribution in [3.05, 3.63) is 28.2 Å². The van der Waals surface area contributed by atoms with Crippen LogP contribution in [0, 0.1) is 0 Å². The van der Waals surface area contributed by atoms with E-state index in [-0.39, 0.29) is 5.75 Å². The number of hydrogen-bond donors (Lipinski definition) is 2. The van der Waals surface area contributed by atoms with Gasteiger partial charge < -0.3 is 9.94 Å². The van der Waals surface area contributed by atoms with Gasteiger partial charge in [-0.25, -0.2) is 0 Å². The van der Waals surface area contributed by atoms with Crippen LogP contribution in [-0.2, 0) is 11.4 Å². The Morgan fingerprint density at radius 1 is 1.54 bits per heavy atom. The lowest BCUT2D eigenvalue weighted by Crippen LogP contribution is -2.13. The van der Waals surface area contributed by atoms with Crippen molar-refractivity contribution in [1.82, 2.24) is 5.48 Å². The second-order valence-corrected chi connectivity index (χ2v) is 3.44. The summed E-state index contributed by atoms with van der Waals surface area (Å²) in [4.78, 5) is 4.96. The van der Waals surface area contributed by atoms with E-state index in [9.17, 15) is 5.11 Å². The summed E-state index contributed by atoms with van der Waals surface area (Å²) in [6.45, 7) is 3.00. The number of halogens is 1. The molecule has 0 atom stereocenters. The Morgan fingerprint density at radius 3 is 3.00 bits per heavy atom. The molecular formula is C9H12BrNO2. The van der Waals surface area contributed by atoms with Gasteiger partial charge in [0.25, 0.3) is 0 Å². The highest BCUT2D eigenvalue weighted by Gasteiger charge is 2.00. The molecule has 13 heavy (non-hydrogen) atoms. The van der Waals surface area contributed by atoms with E-state index in [1.165, 1.54) is 0 Å². The highest BCUT2D eigenvalue weighted by Crippen LogP contribution is 2.21. The van der Waals surface area contributed by atoms with Gasteiger partial charge in [0.15, 0.2) is 0 Å². The molecule has 1 aromatic rings. The SMILES string of the molecule is CCONCc1cc(Br)ccc1O. The van der Waals surface area contributed by atoms with Crippen LogP contribution in [-0.4, -0.2) is 11.7 Å². The molecule has 0 bridgehead atoms. The van der Waals surface area contributed by atoms with E-state index >= 15 is 0 Å². The fourth-order valence-corrected chi connectivity index (χ4v) is 1.34. The van der Waals surface area contributed by atoms with Gasteiger partial charge in [0.2, 0.25) is 0 Å². The number of hydrogen-bond acceptors (Lipinski definition) is 3. The molecule has 0 aliphatic carbocycles. The first-order chi connectivity index (χ1) is 6.24. The fourth-order valence-electron chi connectivity index (χ4n) is 0.927. The van der Waals surface area contributed by atoms with Crippen LogP contribution in [0.2, 0.25) is 0 Å². The predicted octanol–water partition coefficient (Wildman–Crippen LogP) is 2.20. The molecule has 0 radical (unpaired) electrons. The van der Waals surface area contributed by atoms with E-state index in [0.29, 0.717) is 13.2 Å². The Hall–Kier alpha value is -0.580. The van der Waals surface area contributed by atoms with E-state index in [2.05, 4.69) is 21.4 Å². The van der Waals surface area contributed by atoms with Crippen molar-refractivity contribution in [2.24, 2.45) is 0 Å². The number of phenols is 1. The first-order valence-electron chi connectivity index (χ1n) is 4.06. The predicted molar refractivity (Wildman–Crippen MR) is 54.3 cm³/mol. The summed E-state index contributed by atoms with van der Waals surface area (Å²) in [5, 5.41) is 9.42. The number of rotatable bonds is 4. The first kappa shape index (κ1) is 10.5. The Kier molecular flexibility index (Phi) is 4.21. The normalized spacial score (nSPS) is 10.3. The van der Waals surface area contributed by atoms with Crippen molar-refractivity contribution < 1.29 is 9.94 Å². The number of hydroxylamine groups is 1. The molecule has 1 rings (SSSR count). The maximum absolute atomic E-state index is 9.42. The lowest BCUT2D eigenvalue weighted by Gasteiger charge is -2.06. The average Bonchev–Trinajstić information content (AvgIpc) is 2.11. The van der Waals surface area contributed by atoms with Crippen LogP contribution in [0.15, 0.2) is 22.7 Å². The minimum absolute atomic E-state index is 0.274. The monoisotopic (exact) mass is 245 g/mol. The third-order valence-electron chi connectivity index (χ3n) is 1.55. The Labute approximate surface area is 85.8 Å². The zero-order valence-corrected chi connectivity index (χ0v) is 8.97. The summed E-state index contributed by atoms with van der Waals surface area (Å²) in [6.07, 6.45) is 0. The van der Waals surface area contributed by atoms with Crippen molar-refractivity contribution in [3.63, 3.8) is 0 Å². The fraction of sp³-hybridized carbons (Fsp3) is 0.333. The maximum Gasteiger partial charge on any atom is 0.120 e. The minimum atomic E-state index is 0.274. The van der Waals surface area contributed by atoms with Crippen LogP contribution >= 0.6 is 15.9 Å². The molecule has 72 valence electrons. The van der Waals surface area contributed by atoms with Crippen LogP contribution in [0.25, 0.3) is 0 Å². The van der Waals surface area contributed by atoms with Crippen LogP contribution in [0.4, 0.5) is 0 Å². The molecule has 0 fully saturated rings. The number of benzene rings is 1. The smallest absolute Gasteiger partial charge is 0.120 e. The van der Waals surface area contributed by atoms with E-state index < -0.39 is 0 Å². The number of aromatic hydroxyl groups is 1. The van der Waals surface area contributed by atoms with Crippen molar-refractivity contribution in [2.75, 3.05) is 6.61 Å². The third-order valence-corrected chi connectivity index (χ3v) is 2.04. The van der Waals surface area contributed by atoms with Crippen LogP contribution in [0.1, 0.15) is 12.5 Å². The summed E-state index contributed by atoms with van der Waals surface area (Å²) in [6, 6.07) is 5.29. The standard InChI is InChI=1S/C9H12BrNO2/c1-2-13-11-6-7-5-8(10)3-4-9(7)12/h3-5,11-12H,2,6H2,1H3. The molecule has 0 saturated carbocycles. The molecular weight excluding hydrogens is 234 g/mol. The largest absolute Gasteiger partial charge is 0.508 e. The molecule has 0 amide bonds. The van der Waals surface area contributed by atoms with Gasteiger partial charge in [0, 0.05) is 16.6 Å². The number of phenolic OH excluding ortho intramolecular Hbond substituents is 1. The molecule has 2 N–H and O–H groups in total. The van der Waals surface area contributed by atoms with E-state index in [4.69, 9.17) is 4.84 Å². The second kappa shape index (κ2) is 5.21. The molecule has 0 unspecified atom stereocenters. The Morgan fingerprint density at radius 2 is 2.31 bits per heavy atom. The minimum Gasteiger partial charge on any atom is -0.508 e. The zero-order chi connectivity index (χ0) is 9.68. The summed E-state index contributed by atoms with van der Waals surface area (Å²) >= 11 is 3.33. The summed E-state index contributed by atoms with van der Waals surface area (Å²) in [7, 11) is 0. The number of nitrogens with one attached hydrogen (secondary N) is 1. The lowest BCUT2D eigenvalue weighted by atomic mass is 10.2. The van der Waals surface area contributed by atoms with E-state index in [1.54, 1.807) is 12.1 Å². The summed E-state index contributed by atoms with van der Waals surface area (Å²) < 4.78 is 0.943. The van der Waals surface area contributed by atoms with Crippen LogP contribution < -0.4 is 5.48 Å². The zero-order valence-electron chi connectivity index (χ0n) is 7.38. The van der Waals surface area contributed by atoms with E-state index in [0.717, 1.165) is 10.0 Å². The molecule has 0 aromatic heterocycles. The lowest BCUT2D eigenvalue weighted by molar-refractivity contribution is 0.0459. The molecule has 0 spiro atoms. The van der Waals surface area contributed by atoms with Crippen molar-refractivity contribution in [2.45, 2.75) is 13.5 Å². The van der Waals surface area contributed by atoms with Gasteiger partial charge in [-0.2, -0.15) is 5.48 Å². The molecule has 0 saturated heterocycles. The van der Waals surface area contributed by atoms with Gasteiger partial charge in [-0.1, -0.05) is 15.9 Å². The van der Waals surface area contributed by atoms with Crippen LogP contribution in [0.3, 0.4) is 0 Å². The summed E-state index contributed by atoms with van der Waals surface area (Å²) in [5.74, 6) is 0.274. The second-order valence-electron chi connectivity index (χ2n) is 2.53. The van der Waals surface area contributed by atoms with Crippen molar-refractivity contribution in [3.8, 4) is 5.75 Å². The highest BCUT2D eigenvalue weighted by atomic mass is 79.9. The molecule has 1 aromatic carbocycles. The van der Waals surface area contributed by atoms with Gasteiger partial charge in [-0.15, -0.1) is 0 Å². The quantitative estimate of drug-likeness (QED) is 0.632. The van der Waals surface area contributed by atoms with Gasteiger partial charge >= 0.3 is 0 Å². The molecule has 4 heteroatoms. The van der Waals surface area contributed by atoms with Crippen LogP contribution in [0.5, 0.6) is 5.75 Å². The third kappa shape index (κ3) is 3.34. The average molecular weight is 246 g/mol. The molecule has 0 aliphatic rings. The first-order valence-corrected chi connectivity index (χ1v) is 4.85.